The maximum Gasteiger partial charge on any atom is 0.416 e. The van der Waals surface area contributed by atoms with E-state index < -0.39 is 39.8 Å². The third-order valence-corrected chi connectivity index (χ3v) is 7.67. The maximum absolute atomic E-state index is 13.6. The SMILES string of the molecule is CS(=O)(=O)N(c1ccccc1)c1ccncc1C(=O)N[C@@H](Cc1ccccc1)[C@H](O)CNCc1cccc(C(F)(F)F)c1. The number of aromatic nitrogens is 1. The Morgan fingerprint density at radius 2 is 1.60 bits per heavy atom. The minimum Gasteiger partial charge on any atom is -0.390 e. The Morgan fingerprint density at radius 3 is 2.26 bits per heavy atom. The molecule has 3 N–H and O–H groups in total. The van der Waals surface area contributed by atoms with E-state index in [2.05, 4.69) is 15.6 Å². The van der Waals surface area contributed by atoms with Crippen molar-refractivity contribution >= 4 is 27.3 Å². The highest BCUT2D eigenvalue weighted by Crippen LogP contribution is 2.31. The van der Waals surface area contributed by atoms with Gasteiger partial charge >= 0.3 is 6.18 Å². The molecule has 0 saturated heterocycles. The summed E-state index contributed by atoms with van der Waals surface area (Å²) in [6.07, 6.45) is -1.75. The van der Waals surface area contributed by atoms with Crippen molar-refractivity contribution in [1.29, 1.82) is 0 Å². The summed E-state index contributed by atoms with van der Waals surface area (Å²) in [5.74, 6) is -0.662. The Morgan fingerprint density at radius 1 is 0.953 bits per heavy atom. The van der Waals surface area contributed by atoms with Crippen LogP contribution in [0, 0.1) is 0 Å². The number of anilines is 2. The number of nitrogens with one attached hydrogen (secondary N) is 2. The van der Waals surface area contributed by atoms with E-state index in [-0.39, 0.29) is 30.8 Å². The van der Waals surface area contributed by atoms with Crippen LogP contribution in [0.4, 0.5) is 24.5 Å². The Hall–Kier alpha value is -4.26. The van der Waals surface area contributed by atoms with E-state index in [0.29, 0.717) is 11.3 Å². The summed E-state index contributed by atoms with van der Waals surface area (Å²) in [7, 11) is -3.88. The first-order chi connectivity index (χ1) is 20.4. The number of pyridine rings is 1. The Balaban J connectivity index is 1.56. The summed E-state index contributed by atoms with van der Waals surface area (Å²) >= 11 is 0. The third-order valence-electron chi connectivity index (χ3n) is 6.60. The number of nitrogens with zero attached hydrogens (tertiary/aromatic N) is 2. The van der Waals surface area contributed by atoms with Crippen LogP contribution in [-0.2, 0) is 29.2 Å². The number of hydrogen-bond donors (Lipinski definition) is 3. The number of carbonyl (C=O) groups is 1. The molecule has 8 nitrogen and oxygen atoms in total. The first-order valence-corrected chi connectivity index (χ1v) is 15.2. The average molecular weight is 613 g/mol. The van der Waals surface area contributed by atoms with Gasteiger partial charge in [-0.25, -0.2) is 12.7 Å². The van der Waals surface area contributed by atoms with E-state index in [1.165, 1.54) is 24.5 Å². The van der Waals surface area contributed by atoms with Crippen molar-refractivity contribution in [3.63, 3.8) is 0 Å². The molecule has 226 valence electrons. The smallest absolute Gasteiger partial charge is 0.390 e. The van der Waals surface area contributed by atoms with E-state index in [4.69, 9.17) is 0 Å². The molecule has 0 aliphatic heterocycles. The zero-order valence-electron chi connectivity index (χ0n) is 23.2. The zero-order valence-corrected chi connectivity index (χ0v) is 24.0. The Kier molecular flexibility index (Phi) is 10.2. The summed E-state index contributed by atoms with van der Waals surface area (Å²) in [6, 6.07) is 22.9. The van der Waals surface area contributed by atoms with Gasteiger partial charge in [0.15, 0.2) is 0 Å². The van der Waals surface area contributed by atoms with Crippen molar-refractivity contribution in [1.82, 2.24) is 15.6 Å². The molecule has 43 heavy (non-hydrogen) atoms. The first kappa shape index (κ1) is 31.7. The van der Waals surface area contributed by atoms with Gasteiger partial charge in [-0.15, -0.1) is 0 Å². The van der Waals surface area contributed by atoms with Crippen LogP contribution >= 0.6 is 0 Å². The van der Waals surface area contributed by atoms with Crippen LogP contribution in [0.2, 0.25) is 0 Å². The zero-order chi connectivity index (χ0) is 31.0. The Labute approximate surface area is 248 Å². The van der Waals surface area contributed by atoms with Crippen molar-refractivity contribution in [3.8, 4) is 0 Å². The van der Waals surface area contributed by atoms with Gasteiger partial charge in [-0.05, 0) is 41.8 Å². The van der Waals surface area contributed by atoms with E-state index >= 15 is 0 Å². The fourth-order valence-electron chi connectivity index (χ4n) is 4.57. The molecule has 1 amide bonds. The highest BCUT2D eigenvalue weighted by atomic mass is 32.2. The summed E-state index contributed by atoms with van der Waals surface area (Å²) < 4.78 is 66.0. The lowest BCUT2D eigenvalue weighted by molar-refractivity contribution is -0.137. The largest absolute Gasteiger partial charge is 0.416 e. The minimum absolute atomic E-state index is 0.0287. The van der Waals surface area contributed by atoms with Crippen molar-refractivity contribution in [2.75, 3.05) is 17.1 Å². The summed E-state index contributed by atoms with van der Waals surface area (Å²) in [6.45, 7) is 0.00747. The lowest BCUT2D eigenvalue weighted by Gasteiger charge is -2.27. The topological polar surface area (TPSA) is 112 Å². The molecule has 3 aromatic carbocycles. The average Bonchev–Trinajstić information content (AvgIpc) is 2.97. The number of carbonyl (C=O) groups excluding carboxylic acids is 1. The van der Waals surface area contributed by atoms with Crippen LogP contribution in [0.3, 0.4) is 0 Å². The van der Waals surface area contributed by atoms with Crippen molar-refractivity contribution in [2.24, 2.45) is 0 Å². The standard InChI is InChI=1S/C31H31F3N4O4S/c1-43(41,42)38(25-13-6-3-7-14-25)28-15-16-35-20-26(28)30(40)37-27(18-22-9-4-2-5-10-22)29(39)21-36-19-23-11-8-12-24(17-23)31(32,33)34/h2-17,20,27,29,36,39H,18-19,21H2,1H3,(H,37,40)/t27-,29+/m0/s1. The van der Waals surface area contributed by atoms with Gasteiger partial charge in [-0.2, -0.15) is 13.2 Å². The van der Waals surface area contributed by atoms with Gasteiger partial charge in [0.2, 0.25) is 10.0 Å². The van der Waals surface area contributed by atoms with Gasteiger partial charge in [-0.3, -0.25) is 9.78 Å². The number of aliphatic hydroxyl groups is 1. The van der Waals surface area contributed by atoms with Crippen LogP contribution in [0.1, 0.15) is 27.0 Å². The van der Waals surface area contributed by atoms with Gasteiger partial charge in [0, 0.05) is 25.5 Å². The van der Waals surface area contributed by atoms with Crippen molar-refractivity contribution in [2.45, 2.75) is 31.3 Å². The predicted molar refractivity (Wildman–Crippen MR) is 158 cm³/mol. The molecule has 0 unspecified atom stereocenters. The molecule has 0 saturated carbocycles. The van der Waals surface area contributed by atoms with Crippen LogP contribution < -0.4 is 14.9 Å². The number of halogens is 3. The number of para-hydroxylation sites is 1. The summed E-state index contributed by atoms with van der Waals surface area (Å²) in [5, 5.41) is 16.9. The predicted octanol–water partition coefficient (Wildman–Crippen LogP) is 4.69. The third kappa shape index (κ3) is 8.63. The van der Waals surface area contributed by atoms with Crippen LogP contribution in [0.25, 0.3) is 0 Å². The van der Waals surface area contributed by atoms with E-state index in [0.717, 1.165) is 28.3 Å². The monoisotopic (exact) mass is 612 g/mol. The number of sulfonamides is 1. The molecule has 2 atom stereocenters. The fourth-order valence-corrected chi connectivity index (χ4v) is 5.59. The molecule has 0 fully saturated rings. The molecule has 0 radical (unpaired) electrons. The van der Waals surface area contributed by atoms with Crippen molar-refractivity contribution in [3.05, 3.63) is 126 Å². The van der Waals surface area contributed by atoms with Gasteiger partial charge in [0.1, 0.15) is 0 Å². The molecule has 0 aliphatic rings. The molecule has 1 aromatic heterocycles. The summed E-state index contributed by atoms with van der Waals surface area (Å²) in [5.41, 5.74) is 0.804. The fraction of sp³-hybridized carbons (Fsp3) is 0.226. The molecule has 12 heteroatoms. The van der Waals surface area contributed by atoms with E-state index in [9.17, 15) is 31.5 Å². The second kappa shape index (κ2) is 13.8. The normalized spacial score (nSPS) is 13.2. The van der Waals surface area contributed by atoms with E-state index in [1.54, 1.807) is 36.4 Å². The second-order valence-corrected chi connectivity index (χ2v) is 11.8. The molecule has 4 rings (SSSR count). The number of amides is 1. The quantitative estimate of drug-likeness (QED) is 0.214. The lowest BCUT2D eigenvalue weighted by Crippen LogP contribution is -2.49. The van der Waals surface area contributed by atoms with Crippen LogP contribution in [-0.4, -0.2) is 49.4 Å². The second-order valence-electron chi connectivity index (χ2n) is 9.92. The number of aliphatic hydroxyl groups excluding tert-OH is 1. The first-order valence-electron chi connectivity index (χ1n) is 13.3. The van der Waals surface area contributed by atoms with Gasteiger partial charge in [0.05, 0.1) is 40.9 Å². The molecule has 0 spiro atoms. The number of hydrogen-bond acceptors (Lipinski definition) is 6. The number of benzene rings is 3. The van der Waals surface area contributed by atoms with Gasteiger partial charge in [-0.1, -0.05) is 66.7 Å². The van der Waals surface area contributed by atoms with Gasteiger partial charge in [0.25, 0.3) is 5.91 Å². The highest BCUT2D eigenvalue weighted by molar-refractivity contribution is 7.92. The lowest BCUT2D eigenvalue weighted by atomic mass is 10.00. The van der Waals surface area contributed by atoms with E-state index in [1.807, 2.05) is 30.3 Å². The van der Waals surface area contributed by atoms with Crippen LogP contribution in [0.5, 0.6) is 0 Å². The molecular weight excluding hydrogens is 581 g/mol. The minimum atomic E-state index is -4.47. The number of rotatable bonds is 12. The Bertz CT molecular complexity index is 1620. The summed E-state index contributed by atoms with van der Waals surface area (Å²) in [4.78, 5) is 17.7. The molecule has 1 heterocycles. The van der Waals surface area contributed by atoms with Gasteiger partial charge < -0.3 is 15.7 Å². The molecular formula is C31H31F3N4O4S. The molecule has 0 aliphatic carbocycles. The van der Waals surface area contributed by atoms with Crippen molar-refractivity contribution < 1.29 is 31.5 Å². The maximum atomic E-state index is 13.6. The molecule has 4 aromatic rings. The number of alkyl halides is 3. The highest BCUT2D eigenvalue weighted by Gasteiger charge is 2.31. The van der Waals surface area contributed by atoms with Crippen LogP contribution in [0.15, 0.2) is 103 Å². The molecule has 0 bridgehead atoms.